The van der Waals surface area contributed by atoms with Crippen LogP contribution >= 0.6 is 0 Å². The Labute approximate surface area is 107 Å². The number of amides is 1. The lowest BCUT2D eigenvalue weighted by Gasteiger charge is -2.09. The molecule has 0 saturated heterocycles. The van der Waals surface area contributed by atoms with Crippen molar-refractivity contribution in [2.45, 2.75) is 19.8 Å². The van der Waals surface area contributed by atoms with Crippen LogP contribution in [0.3, 0.4) is 0 Å². The second-order valence-corrected chi connectivity index (χ2v) is 3.86. The minimum atomic E-state index is -0.108. The summed E-state index contributed by atoms with van der Waals surface area (Å²) in [6, 6.07) is 5.14. The highest BCUT2D eigenvalue weighted by atomic mass is 16.5. The van der Waals surface area contributed by atoms with Crippen LogP contribution < -0.4 is 15.8 Å². The molecule has 0 aliphatic rings. The SMILES string of the molecule is CCCOCCC(=O)Nc1ccc(OC)cc1N. The third-order valence-corrected chi connectivity index (χ3v) is 2.35. The van der Waals surface area contributed by atoms with Gasteiger partial charge in [-0.3, -0.25) is 4.79 Å². The summed E-state index contributed by atoms with van der Waals surface area (Å²) >= 11 is 0. The Kier molecular flexibility index (Phi) is 6.00. The van der Waals surface area contributed by atoms with E-state index in [4.69, 9.17) is 15.2 Å². The van der Waals surface area contributed by atoms with Crippen LogP contribution in [0.15, 0.2) is 18.2 Å². The number of carbonyl (C=O) groups excluding carboxylic acids is 1. The maximum absolute atomic E-state index is 11.6. The van der Waals surface area contributed by atoms with E-state index >= 15 is 0 Å². The third kappa shape index (κ3) is 4.63. The molecule has 1 rings (SSSR count). The fourth-order valence-corrected chi connectivity index (χ4v) is 1.41. The zero-order valence-electron chi connectivity index (χ0n) is 10.9. The van der Waals surface area contributed by atoms with E-state index in [0.29, 0.717) is 36.8 Å². The van der Waals surface area contributed by atoms with E-state index in [2.05, 4.69) is 5.32 Å². The van der Waals surface area contributed by atoms with Crippen LogP contribution in [0.25, 0.3) is 0 Å². The van der Waals surface area contributed by atoms with E-state index in [0.717, 1.165) is 6.42 Å². The minimum absolute atomic E-state index is 0.108. The highest BCUT2D eigenvalue weighted by Crippen LogP contribution is 2.23. The number of nitrogens with two attached hydrogens (primary N) is 1. The van der Waals surface area contributed by atoms with Gasteiger partial charge in [0.2, 0.25) is 5.91 Å². The van der Waals surface area contributed by atoms with Gasteiger partial charge in [0.25, 0.3) is 0 Å². The second kappa shape index (κ2) is 7.55. The van der Waals surface area contributed by atoms with Crippen LogP contribution in [0.4, 0.5) is 11.4 Å². The Morgan fingerprint density at radius 2 is 2.17 bits per heavy atom. The predicted molar refractivity (Wildman–Crippen MR) is 71.8 cm³/mol. The highest BCUT2D eigenvalue weighted by molar-refractivity contribution is 5.94. The Balaban J connectivity index is 2.44. The number of nitrogen functional groups attached to an aromatic ring is 1. The Bertz CT molecular complexity index is 394. The summed E-state index contributed by atoms with van der Waals surface area (Å²) in [5.41, 5.74) is 6.87. The van der Waals surface area contributed by atoms with Crippen molar-refractivity contribution in [2.24, 2.45) is 0 Å². The highest BCUT2D eigenvalue weighted by Gasteiger charge is 2.06. The molecule has 0 saturated carbocycles. The molecule has 1 aromatic carbocycles. The van der Waals surface area contributed by atoms with Gasteiger partial charge in [0.05, 0.1) is 31.5 Å². The molecule has 3 N–H and O–H groups in total. The van der Waals surface area contributed by atoms with Crippen molar-refractivity contribution in [3.05, 3.63) is 18.2 Å². The number of ether oxygens (including phenoxy) is 2. The van der Waals surface area contributed by atoms with Crippen molar-refractivity contribution >= 4 is 17.3 Å². The number of carbonyl (C=O) groups is 1. The fraction of sp³-hybridized carbons (Fsp3) is 0.462. The first-order valence-corrected chi connectivity index (χ1v) is 5.98. The Morgan fingerprint density at radius 3 is 2.78 bits per heavy atom. The molecule has 0 unspecified atom stereocenters. The zero-order valence-corrected chi connectivity index (χ0v) is 10.9. The average Bonchev–Trinajstić information content (AvgIpc) is 2.37. The molecule has 0 radical (unpaired) electrons. The summed E-state index contributed by atoms with van der Waals surface area (Å²) in [5, 5.41) is 2.74. The number of methoxy groups -OCH3 is 1. The molecule has 0 spiro atoms. The summed E-state index contributed by atoms with van der Waals surface area (Å²) in [6.07, 6.45) is 1.28. The molecule has 0 fully saturated rings. The average molecular weight is 252 g/mol. The molecule has 100 valence electrons. The molecule has 0 aliphatic heterocycles. The van der Waals surface area contributed by atoms with Gasteiger partial charge in [-0.2, -0.15) is 0 Å². The minimum Gasteiger partial charge on any atom is -0.497 e. The van der Waals surface area contributed by atoms with Crippen LogP contribution in [0, 0.1) is 0 Å². The van der Waals surface area contributed by atoms with Gasteiger partial charge in [0.15, 0.2) is 0 Å². The van der Waals surface area contributed by atoms with Gasteiger partial charge >= 0.3 is 0 Å². The molecule has 0 aliphatic carbocycles. The topological polar surface area (TPSA) is 73.6 Å². The number of nitrogens with one attached hydrogen (secondary N) is 1. The zero-order chi connectivity index (χ0) is 13.4. The van der Waals surface area contributed by atoms with Crippen molar-refractivity contribution in [1.82, 2.24) is 0 Å². The van der Waals surface area contributed by atoms with Gasteiger partial charge in [-0.05, 0) is 18.6 Å². The molecule has 0 heterocycles. The summed E-state index contributed by atoms with van der Waals surface area (Å²) in [6.45, 7) is 3.13. The van der Waals surface area contributed by atoms with Crippen LogP contribution in [0.2, 0.25) is 0 Å². The molecular formula is C13H20N2O3. The predicted octanol–water partition coefficient (Wildman–Crippen LogP) is 2.03. The molecule has 1 amide bonds. The van der Waals surface area contributed by atoms with Crippen LogP contribution in [0.5, 0.6) is 5.75 Å². The molecule has 0 atom stereocenters. The summed E-state index contributed by atoms with van der Waals surface area (Å²) in [4.78, 5) is 11.6. The number of rotatable bonds is 7. The van der Waals surface area contributed by atoms with E-state index in [-0.39, 0.29) is 5.91 Å². The normalized spacial score (nSPS) is 10.1. The first kappa shape index (κ1) is 14.3. The van der Waals surface area contributed by atoms with Gasteiger partial charge in [-0.1, -0.05) is 6.92 Å². The monoisotopic (exact) mass is 252 g/mol. The standard InChI is InChI=1S/C13H20N2O3/c1-3-7-18-8-6-13(16)15-12-5-4-10(17-2)9-11(12)14/h4-5,9H,3,6-8,14H2,1-2H3,(H,15,16). The quantitative estimate of drug-likeness (QED) is 0.575. The second-order valence-electron chi connectivity index (χ2n) is 3.86. The summed E-state index contributed by atoms with van der Waals surface area (Å²) < 4.78 is 10.3. The summed E-state index contributed by atoms with van der Waals surface area (Å²) in [7, 11) is 1.57. The maximum atomic E-state index is 11.6. The molecule has 5 nitrogen and oxygen atoms in total. The molecule has 18 heavy (non-hydrogen) atoms. The van der Waals surface area contributed by atoms with Crippen LogP contribution in [0.1, 0.15) is 19.8 Å². The van der Waals surface area contributed by atoms with Gasteiger partial charge < -0.3 is 20.5 Å². The first-order valence-electron chi connectivity index (χ1n) is 5.98. The van der Waals surface area contributed by atoms with E-state index in [1.54, 1.807) is 25.3 Å². The number of hydrogen-bond acceptors (Lipinski definition) is 4. The van der Waals surface area contributed by atoms with E-state index < -0.39 is 0 Å². The van der Waals surface area contributed by atoms with Gasteiger partial charge in [-0.25, -0.2) is 0 Å². The van der Waals surface area contributed by atoms with Crippen LogP contribution in [-0.2, 0) is 9.53 Å². The molecule has 1 aromatic rings. The van der Waals surface area contributed by atoms with E-state index in [1.807, 2.05) is 6.92 Å². The van der Waals surface area contributed by atoms with Crippen molar-refractivity contribution in [3.8, 4) is 5.75 Å². The molecule has 0 aromatic heterocycles. The van der Waals surface area contributed by atoms with Crippen LogP contribution in [-0.4, -0.2) is 26.2 Å². The number of benzene rings is 1. The Morgan fingerprint density at radius 1 is 1.39 bits per heavy atom. The number of anilines is 2. The summed E-state index contributed by atoms with van der Waals surface area (Å²) in [5.74, 6) is 0.555. The first-order chi connectivity index (χ1) is 8.67. The number of hydrogen-bond donors (Lipinski definition) is 2. The van der Waals surface area contributed by atoms with Crippen molar-refractivity contribution < 1.29 is 14.3 Å². The van der Waals surface area contributed by atoms with Gasteiger partial charge in [-0.15, -0.1) is 0 Å². The van der Waals surface area contributed by atoms with Crippen molar-refractivity contribution in [3.63, 3.8) is 0 Å². The van der Waals surface area contributed by atoms with Gasteiger partial charge in [0, 0.05) is 12.7 Å². The fourth-order valence-electron chi connectivity index (χ4n) is 1.41. The van der Waals surface area contributed by atoms with Gasteiger partial charge in [0.1, 0.15) is 5.75 Å². The smallest absolute Gasteiger partial charge is 0.226 e. The lowest BCUT2D eigenvalue weighted by atomic mass is 10.2. The third-order valence-electron chi connectivity index (χ3n) is 2.35. The molecule has 0 bridgehead atoms. The molecule has 5 heteroatoms. The Hall–Kier alpha value is -1.75. The maximum Gasteiger partial charge on any atom is 0.226 e. The molecular weight excluding hydrogens is 232 g/mol. The van der Waals surface area contributed by atoms with E-state index in [9.17, 15) is 4.79 Å². The van der Waals surface area contributed by atoms with Crippen molar-refractivity contribution in [1.29, 1.82) is 0 Å². The lowest BCUT2D eigenvalue weighted by Crippen LogP contribution is -2.15. The van der Waals surface area contributed by atoms with Crippen molar-refractivity contribution in [2.75, 3.05) is 31.4 Å². The van der Waals surface area contributed by atoms with E-state index in [1.165, 1.54) is 0 Å². The largest absolute Gasteiger partial charge is 0.497 e. The lowest BCUT2D eigenvalue weighted by molar-refractivity contribution is -0.117.